The number of hydrogen-bond acceptors (Lipinski definition) is 8. The van der Waals surface area contributed by atoms with Gasteiger partial charge < -0.3 is 14.2 Å². The average molecular weight is 513 g/mol. The van der Waals surface area contributed by atoms with Gasteiger partial charge in [-0.1, -0.05) is 37.3 Å². The Morgan fingerprint density at radius 2 is 2.03 bits per heavy atom. The number of carbonyl (C=O) groups is 1. The van der Waals surface area contributed by atoms with Gasteiger partial charge in [0.2, 0.25) is 0 Å². The second-order valence-corrected chi connectivity index (χ2v) is 10.5. The molecule has 7 nitrogen and oxygen atoms in total. The quantitative estimate of drug-likeness (QED) is 0.428. The van der Waals surface area contributed by atoms with Gasteiger partial charge in [0.15, 0.2) is 16.3 Å². The van der Waals surface area contributed by atoms with Crippen LogP contribution in [0.3, 0.4) is 0 Å². The first-order valence-corrected chi connectivity index (χ1v) is 13.0. The molecule has 0 amide bonds. The normalized spacial score (nSPS) is 15.7. The van der Waals surface area contributed by atoms with Crippen molar-refractivity contribution in [3.05, 3.63) is 77.1 Å². The van der Waals surface area contributed by atoms with Crippen LogP contribution in [-0.4, -0.2) is 31.4 Å². The monoisotopic (exact) mass is 512 g/mol. The molecular formula is C26H28N2O5S2. The van der Waals surface area contributed by atoms with Crippen LogP contribution in [0.5, 0.6) is 11.5 Å². The molecule has 0 spiro atoms. The van der Waals surface area contributed by atoms with Crippen molar-refractivity contribution in [2.45, 2.75) is 33.2 Å². The molecule has 35 heavy (non-hydrogen) atoms. The molecule has 0 aliphatic carbocycles. The molecule has 1 unspecified atom stereocenters. The second kappa shape index (κ2) is 10.6. The van der Waals surface area contributed by atoms with E-state index in [2.05, 4.69) is 18.8 Å². The van der Waals surface area contributed by atoms with Crippen LogP contribution in [0.15, 0.2) is 56.8 Å². The van der Waals surface area contributed by atoms with Gasteiger partial charge in [0.05, 0.1) is 42.7 Å². The first-order chi connectivity index (χ1) is 16.8. The zero-order chi connectivity index (χ0) is 25.1. The van der Waals surface area contributed by atoms with Crippen LogP contribution in [0.25, 0.3) is 6.08 Å². The molecule has 0 N–H and O–H groups in total. The summed E-state index contributed by atoms with van der Waals surface area (Å²) >= 11 is 2.85. The first kappa shape index (κ1) is 24.9. The lowest BCUT2D eigenvalue weighted by molar-refractivity contribution is -0.136. The molecule has 0 saturated heterocycles. The number of thiazole rings is 1. The summed E-state index contributed by atoms with van der Waals surface area (Å²) in [5.74, 6) is 1.14. The van der Waals surface area contributed by atoms with Crippen LogP contribution in [0, 0.1) is 5.92 Å². The van der Waals surface area contributed by atoms with E-state index in [0.29, 0.717) is 50.2 Å². The standard InChI is InChI=1S/C26H28N2O5S2/c1-15(2)10-11-33-19-9-8-17(13-20(19)31-4)23-22(25(30)32-5)16(3)27-26-28(23)24(29)21(35-26)14-18-7-6-12-34-18/h6-9,12-15,23H,10-11H2,1-5H3/b21-14-. The molecular weight excluding hydrogens is 484 g/mol. The third kappa shape index (κ3) is 5.11. The minimum absolute atomic E-state index is 0.211. The van der Waals surface area contributed by atoms with Gasteiger partial charge in [0.25, 0.3) is 5.56 Å². The van der Waals surface area contributed by atoms with E-state index in [-0.39, 0.29) is 5.56 Å². The summed E-state index contributed by atoms with van der Waals surface area (Å²) in [6, 6.07) is 8.67. The predicted octanol–water partition coefficient (Wildman–Crippen LogP) is 3.90. The van der Waals surface area contributed by atoms with Crippen LogP contribution >= 0.6 is 22.7 Å². The van der Waals surface area contributed by atoms with Crippen molar-refractivity contribution in [1.82, 2.24) is 4.57 Å². The van der Waals surface area contributed by atoms with E-state index in [9.17, 15) is 9.59 Å². The van der Waals surface area contributed by atoms with Gasteiger partial charge in [0, 0.05) is 4.88 Å². The van der Waals surface area contributed by atoms with Crippen LogP contribution in [0.2, 0.25) is 0 Å². The number of benzene rings is 1. The lowest BCUT2D eigenvalue weighted by Gasteiger charge is -2.25. The third-order valence-electron chi connectivity index (χ3n) is 5.70. The van der Waals surface area contributed by atoms with E-state index in [1.165, 1.54) is 18.4 Å². The lowest BCUT2D eigenvalue weighted by atomic mass is 9.95. The number of rotatable bonds is 8. The molecule has 0 bridgehead atoms. The lowest BCUT2D eigenvalue weighted by Crippen LogP contribution is -2.39. The topological polar surface area (TPSA) is 79.1 Å². The van der Waals surface area contributed by atoms with Crippen LogP contribution < -0.4 is 24.4 Å². The van der Waals surface area contributed by atoms with Gasteiger partial charge in [-0.2, -0.15) is 0 Å². The molecule has 0 saturated carbocycles. The number of fused-ring (bicyclic) bond motifs is 1. The zero-order valence-corrected chi connectivity index (χ0v) is 22.0. The molecule has 0 fully saturated rings. The molecule has 1 aliphatic rings. The van der Waals surface area contributed by atoms with Gasteiger partial charge in [-0.3, -0.25) is 9.36 Å². The Morgan fingerprint density at radius 1 is 1.23 bits per heavy atom. The fraction of sp³-hybridized carbons (Fsp3) is 0.346. The predicted molar refractivity (Wildman–Crippen MR) is 138 cm³/mol. The maximum atomic E-state index is 13.6. The average Bonchev–Trinajstić information content (AvgIpc) is 3.45. The van der Waals surface area contributed by atoms with E-state index in [4.69, 9.17) is 14.2 Å². The summed E-state index contributed by atoms with van der Waals surface area (Å²) in [5.41, 5.74) is 1.33. The summed E-state index contributed by atoms with van der Waals surface area (Å²) in [7, 11) is 2.90. The smallest absolute Gasteiger partial charge is 0.338 e. The number of methoxy groups -OCH3 is 2. The van der Waals surface area contributed by atoms with Crippen molar-refractivity contribution < 1.29 is 19.0 Å². The zero-order valence-electron chi connectivity index (χ0n) is 20.4. The molecule has 1 atom stereocenters. The number of thiophene rings is 1. The maximum Gasteiger partial charge on any atom is 0.338 e. The SMILES string of the molecule is COC(=O)C1=C(C)N=c2s/c(=C\c3cccs3)c(=O)n2C1c1ccc(OCCC(C)C)c(OC)c1. The van der Waals surface area contributed by atoms with Crippen molar-refractivity contribution >= 4 is 34.7 Å². The summed E-state index contributed by atoms with van der Waals surface area (Å²) in [4.78, 5) is 32.5. The molecule has 1 aliphatic heterocycles. The van der Waals surface area contributed by atoms with E-state index >= 15 is 0 Å². The summed E-state index contributed by atoms with van der Waals surface area (Å²) in [6.07, 6.45) is 2.77. The highest BCUT2D eigenvalue weighted by molar-refractivity contribution is 7.11. The number of aromatic nitrogens is 1. The van der Waals surface area contributed by atoms with Crippen LogP contribution in [0.4, 0.5) is 0 Å². The van der Waals surface area contributed by atoms with Crippen molar-refractivity contribution in [3.8, 4) is 11.5 Å². The Balaban J connectivity index is 1.86. The van der Waals surface area contributed by atoms with Crippen LogP contribution in [-0.2, 0) is 9.53 Å². The molecule has 1 aromatic carbocycles. The third-order valence-corrected chi connectivity index (χ3v) is 7.50. The van der Waals surface area contributed by atoms with Crippen molar-refractivity contribution in [2.75, 3.05) is 20.8 Å². The molecule has 184 valence electrons. The van der Waals surface area contributed by atoms with Gasteiger partial charge in [-0.15, -0.1) is 11.3 Å². The van der Waals surface area contributed by atoms with Crippen LogP contribution in [0.1, 0.15) is 43.7 Å². The van der Waals surface area contributed by atoms with Gasteiger partial charge in [-0.05, 0) is 54.5 Å². The Kier molecular flexibility index (Phi) is 7.57. The van der Waals surface area contributed by atoms with Crippen molar-refractivity contribution in [3.63, 3.8) is 0 Å². The van der Waals surface area contributed by atoms with Gasteiger partial charge in [-0.25, -0.2) is 9.79 Å². The van der Waals surface area contributed by atoms with Crippen molar-refractivity contribution in [2.24, 2.45) is 10.9 Å². The fourth-order valence-electron chi connectivity index (χ4n) is 3.89. The highest BCUT2D eigenvalue weighted by Crippen LogP contribution is 2.36. The number of carbonyl (C=O) groups excluding carboxylic acids is 1. The molecule has 3 heterocycles. The Morgan fingerprint density at radius 3 is 2.69 bits per heavy atom. The minimum Gasteiger partial charge on any atom is -0.493 e. The number of hydrogen-bond donors (Lipinski definition) is 0. The Bertz CT molecular complexity index is 1430. The van der Waals surface area contributed by atoms with Gasteiger partial charge >= 0.3 is 5.97 Å². The van der Waals surface area contributed by atoms with E-state index < -0.39 is 12.0 Å². The number of allylic oxidation sites excluding steroid dienone is 1. The number of ether oxygens (including phenoxy) is 3. The highest BCUT2D eigenvalue weighted by atomic mass is 32.1. The molecule has 9 heteroatoms. The molecule has 2 aromatic heterocycles. The van der Waals surface area contributed by atoms with E-state index in [1.807, 2.05) is 41.8 Å². The summed E-state index contributed by atoms with van der Waals surface area (Å²) < 4.78 is 18.7. The maximum absolute atomic E-state index is 13.6. The number of nitrogens with zero attached hydrogens (tertiary/aromatic N) is 2. The first-order valence-electron chi connectivity index (χ1n) is 11.3. The van der Waals surface area contributed by atoms with Crippen molar-refractivity contribution in [1.29, 1.82) is 0 Å². The molecule has 4 rings (SSSR count). The van der Waals surface area contributed by atoms with E-state index in [1.54, 1.807) is 29.9 Å². The summed E-state index contributed by atoms with van der Waals surface area (Å²) in [5, 5.41) is 1.96. The largest absolute Gasteiger partial charge is 0.493 e. The Labute approximate surface area is 211 Å². The minimum atomic E-state index is -0.706. The Hall–Kier alpha value is -3.17. The van der Waals surface area contributed by atoms with Gasteiger partial charge in [0.1, 0.15) is 0 Å². The molecule has 0 radical (unpaired) electrons. The molecule has 3 aromatic rings. The second-order valence-electron chi connectivity index (χ2n) is 8.53. The van der Waals surface area contributed by atoms with E-state index in [0.717, 1.165) is 11.3 Å². The summed E-state index contributed by atoms with van der Waals surface area (Å²) in [6.45, 7) is 6.61. The fourth-order valence-corrected chi connectivity index (χ4v) is 5.66. The highest BCUT2D eigenvalue weighted by Gasteiger charge is 2.33. The number of esters is 1.